The highest BCUT2D eigenvalue weighted by molar-refractivity contribution is 7.22. The highest BCUT2D eigenvalue weighted by Gasteiger charge is 2.14. The lowest BCUT2D eigenvalue weighted by molar-refractivity contribution is 0.566. The van der Waals surface area contributed by atoms with Crippen LogP contribution in [0.1, 0.15) is 51.2 Å². The molecule has 0 bridgehead atoms. The molecule has 7 heteroatoms. The number of aromatic nitrogens is 2. The molecular formula is C34H31N3O2S2. The lowest BCUT2D eigenvalue weighted by Gasteiger charge is -2.05. The van der Waals surface area contributed by atoms with Crippen LogP contribution >= 0.6 is 22.7 Å². The third-order valence-corrected chi connectivity index (χ3v) is 9.76. The van der Waals surface area contributed by atoms with Gasteiger partial charge in [-0.3, -0.25) is 0 Å². The number of benzene rings is 3. The van der Waals surface area contributed by atoms with E-state index in [-0.39, 0.29) is 0 Å². The Morgan fingerprint density at radius 1 is 0.732 bits per heavy atom. The summed E-state index contributed by atoms with van der Waals surface area (Å²) in [5.74, 6) is 2.73. The molecule has 1 N–H and O–H groups in total. The Hall–Kier alpha value is -3.94. The van der Waals surface area contributed by atoms with E-state index in [0.717, 1.165) is 28.6 Å². The first-order valence-electron chi connectivity index (χ1n) is 14.3. The number of hydrogen-bond donors (Lipinski definition) is 1. The summed E-state index contributed by atoms with van der Waals surface area (Å²) in [6, 6.07) is 17.9. The fourth-order valence-corrected chi connectivity index (χ4v) is 7.46. The molecule has 3 aromatic carbocycles. The van der Waals surface area contributed by atoms with E-state index in [2.05, 4.69) is 77.3 Å². The predicted octanol–water partition coefficient (Wildman–Crippen LogP) is 11.1. The molecule has 0 saturated carbocycles. The fraction of sp³-hybridized carbons (Fsp3) is 0.235. The Morgan fingerprint density at radius 3 is 1.98 bits per heavy atom. The molecule has 7 rings (SSSR count). The summed E-state index contributed by atoms with van der Waals surface area (Å²) < 4.78 is 14.3. The van der Waals surface area contributed by atoms with Crippen LogP contribution in [0.15, 0.2) is 76.3 Å². The van der Waals surface area contributed by atoms with Crippen LogP contribution in [0, 0.1) is 0 Å². The van der Waals surface area contributed by atoms with Crippen LogP contribution in [-0.4, -0.2) is 16.5 Å². The zero-order valence-corrected chi connectivity index (χ0v) is 24.7. The summed E-state index contributed by atoms with van der Waals surface area (Å²) in [6.07, 6.45) is 12.9. The first-order valence-corrected chi connectivity index (χ1v) is 15.9. The number of fused-ring (bicyclic) bond motifs is 5. The molecule has 4 heterocycles. The Bertz CT molecular complexity index is 2010. The highest BCUT2D eigenvalue weighted by atomic mass is 32.1. The smallest absolute Gasteiger partial charge is 0.238 e. The SMILES string of the molecule is C=Cc1cnc(-c2cc3cc4ccc5cc6cc(-c7ncc(NCCCCCCCC)o7)sc6cc5c4cc3s2)o1. The van der Waals surface area contributed by atoms with Gasteiger partial charge in [-0.2, -0.15) is 0 Å². The topological polar surface area (TPSA) is 64.1 Å². The molecule has 5 nitrogen and oxygen atoms in total. The molecule has 206 valence electrons. The average molecular weight is 578 g/mol. The van der Waals surface area contributed by atoms with Crippen molar-refractivity contribution in [2.45, 2.75) is 45.4 Å². The number of rotatable bonds is 11. The predicted molar refractivity (Wildman–Crippen MR) is 175 cm³/mol. The van der Waals surface area contributed by atoms with Gasteiger partial charge >= 0.3 is 0 Å². The molecular weight excluding hydrogens is 547 g/mol. The van der Waals surface area contributed by atoms with Crippen LogP contribution in [0.5, 0.6) is 0 Å². The molecule has 41 heavy (non-hydrogen) atoms. The number of unbranched alkanes of at least 4 members (excludes halogenated alkanes) is 5. The van der Waals surface area contributed by atoms with Gasteiger partial charge in [0, 0.05) is 15.9 Å². The minimum atomic E-state index is 0.634. The second kappa shape index (κ2) is 11.1. The maximum absolute atomic E-state index is 6.08. The van der Waals surface area contributed by atoms with Crippen molar-refractivity contribution in [1.82, 2.24) is 9.97 Å². The third kappa shape index (κ3) is 5.16. The largest absolute Gasteiger partial charge is 0.436 e. The van der Waals surface area contributed by atoms with Crippen molar-refractivity contribution >= 4 is 76.4 Å². The minimum Gasteiger partial charge on any atom is -0.436 e. The first kappa shape index (κ1) is 26.0. The Morgan fingerprint density at radius 2 is 1.34 bits per heavy atom. The van der Waals surface area contributed by atoms with Gasteiger partial charge in [0.1, 0.15) is 5.76 Å². The van der Waals surface area contributed by atoms with Crippen LogP contribution in [-0.2, 0) is 0 Å². The van der Waals surface area contributed by atoms with E-state index < -0.39 is 0 Å². The van der Waals surface area contributed by atoms with E-state index in [9.17, 15) is 0 Å². The van der Waals surface area contributed by atoms with E-state index in [1.54, 1.807) is 41.1 Å². The first-order chi connectivity index (χ1) is 20.2. The van der Waals surface area contributed by atoms with Crippen LogP contribution in [0.25, 0.3) is 69.3 Å². The van der Waals surface area contributed by atoms with E-state index in [0.29, 0.717) is 17.5 Å². The molecule has 0 radical (unpaired) electrons. The molecule has 0 fully saturated rings. The maximum atomic E-state index is 6.08. The molecule has 0 aliphatic rings. The van der Waals surface area contributed by atoms with Crippen molar-refractivity contribution in [3.8, 4) is 21.5 Å². The molecule has 0 aliphatic carbocycles. The van der Waals surface area contributed by atoms with Gasteiger partial charge < -0.3 is 14.2 Å². The van der Waals surface area contributed by atoms with Crippen LogP contribution in [0.4, 0.5) is 5.88 Å². The second-order valence-electron chi connectivity index (χ2n) is 10.5. The van der Waals surface area contributed by atoms with Crippen LogP contribution in [0.3, 0.4) is 0 Å². The quantitative estimate of drug-likeness (QED) is 0.122. The van der Waals surface area contributed by atoms with Gasteiger partial charge in [-0.1, -0.05) is 57.7 Å². The lowest BCUT2D eigenvalue weighted by Crippen LogP contribution is -1.99. The average Bonchev–Trinajstić information content (AvgIpc) is 3.79. The number of anilines is 1. The van der Waals surface area contributed by atoms with Gasteiger partial charge in [-0.15, -0.1) is 22.7 Å². The zero-order chi connectivity index (χ0) is 27.8. The van der Waals surface area contributed by atoms with Crippen molar-refractivity contribution < 1.29 is 8.83 Å². The molecule has 0 saturated heterocycles. The standard InChI is InChI=1S/C34H31N3O2S2/c1-3-5-6-7-8-9-12-35-32-20-37-34(39-32)31-16-24-14-22-11-10-21-13-23-15-30(33-36-19-25(4-2)38-33)40-28(23)17-26(21)27(22)18-29(24)41-31/h4,10-11,13-20,35H,2-3,5-9,12H2,1H3. The van der Waals surface area contributed by atoms with Gasteiger partial charge in [0.25, 0.3) is 0 Å². The molecule has 0 spiro atoms. The zero-order valence-electron chi connectivity index (χ0n) is 23.0. The number of hydrogen-bond acceptors (Lipinski definition) is 7. The number of nitrogens with zero attached hydrogens (tertiary/aromatic N) is 2. The minimum absolute atomic E-state index is 0.634. The normalized spacial score (nSPS) is 11.8. The second-order valence-corrected chi connectivity index (χ2v) is 12.7. The molecule has 0 aliphatic heterocycles. The third-order valence-electron chi connectivity index (χ3n) is 7.59. The Labute approximate surface area is 246 Å². The molecule has 0 amide bonds. The number of nitrogens with one attached hydrogen (secondary N) is 1. The summed E-state index contributed by atoms with van der Waals surface area (Å²) in [6.45, 7) is 6.94. The lowest BCUT2D eigenvalue weighted by atomic mass is 10.00. The van der Waals surface area contributed by atoms with Gasteiger partial charge in [-0.25, -0.2) is 9.97 Å². The van der Waals surface area contributed by atoms with Crippen molar-refractivity contribution in [3.63, 3.8) is 0 Å². The van der Waals surface area contributed by atoms with Crippen molar-refractivity contribution in [1.29, 1.82) is 0 Å². The highest BCUT2D eigenvalue weighted by Crippen LogP contribution is 2.40. The van der Waals surface area contributed by atoms with Gasteiger partial charge in [-0.05, 0) is 81.2 Å². The van der Waals surface area contributed by atoms with Gasteiger partial charge in [0.15, 0.2) is 0 Å². The number of thiophene rings is 2. The Kier molecular flexibility index (Phi) is 7.07. The van der Waals surface area contributed by atoms with Crippen molar-refractivity contribution in [3.05, 3.63) is 73.3 Å². The summed E-state index contributed by atoms with van der Waals surface area (Å²) in [5, 5.41) is 10.7. The summed E-state index contributed by atoms with van der Waals surface area (Å²) in [4.78, 5) is 11.1. The van der Waals surface area contributed by atoms with Gasteiger partial charge in [0.2, 0.25) is 17.7 Å². The molecule has 4 aromatic heterocycles. The van der Waals surface area contributed by atoms with E-state index >= 15 is 0 Å². The Balaban J connectivity index is 1.16. The summed E-state index contributed by atoms with van der Waals surface area (Å²) in [7, 11) is 0. The fourth-order valence-electron chi connectivity index (χ4n) is 5.42. The maximum Gasteiger partial charge on any atom is 0.238 e. The van der Waals surface area contributed by atoms with Gasteiger partial charge in [0.05, 0.1) is 22.1 Å². The van der Waals surface area contributed by atoms with Crippen LogP contribution in [0.2, 0.25) is 0 Å². The van der Waals surface area contributed by atoms with E-state index in [4.69, 9.17) is 8.83 Å². The van der Waals surface area contributed by atoms with E-state index in [1.165, 1.54) is 73.8 Å². The monoisotopic (exact) mass is 577 g/mol. The summed E-state index contributed by atoms with van der Waals surface area (Å²) >= 11 is 3.43. The summed E-state index contributed by atoms with van der Waals surface area (Å²) in [5.41, 5.74) is 0. The molecule has 7 aromatic rings. The van der Waals surface area contributed by atoms with Crippen LogP contribution < -0.4 is 5.32 Å². The van der Waals surface area contributed by atoms with Crippen molar-refractivity contribution in [2.75, 3.05) is 11.9 Å². The molecule has 0 unspecified atom stereocenters. The molecule has 0 atom stereocenters. The van der Waals surface area contributed by atoms with E-state index in [1.807, 2.05) is 0 Å². The van der Waals surface area contributed by atoms with Crippen molar-refractivity contribution in [2.24, 2.45) is 0 Å². The number of oxazole rings is 2.